The van der Waals surface area contributed by atoms with Crippen molar-refractivity contribution in [2.24, 2.45) is 0 Å². The van der Waals surface area contributed by atoms with Gasteiger partial charge in [0.2, 0.25) is 5.91 Å². The summed E-state index contributed by atoms with van der Waals surface area (Å²) in [5.74, 6) is -0.166. The van der Waals surface area contributed by atoms with E-state index in [0.717, 1.165) is 42.3 Å². The van der Waals surface area contributed by atoms with Crippen LogP contribution in [-0.4, -0.2) is 53.5 Å². The first-order valence-electron chi connectivity index (χ1n) is 8.25. The molecule has 24 heavy (non-hydrogen) atoms. The molecule has 0 unspecified atom stereocenters. The SMILES string of the molecule is Cc1cn2c(CC(=O)N3CCNCC3)csc2c1C(=O)OC(C)C. The minimum atomic E-state index is -0.299. The Morgan fingerprint density at radius 1 is 1.33 bits per heavy atom. The van der Waals surface area contributed by atoms with Crippen LogP contribution < -0.4 is 5.32 Å². The van der Waals surface area contributed by atoms with Crippen molar-refractivity contribution in [3.63, 3.8) is 0 Å². The van der Waals surface area contributed by atoms with Crippen LogP contribution in [-0.2, 0) is 16.0 Å². The first-order chi connectivity index (χ1) is 11.5. The van der Waals surface area contributed by atoms with Gasteiger partial charge in [0.05, 0.1) is 18.1 Å². The molecule has 1 amide bonds. The van der Waals surface area contributed by atoms with E-state index in [9.17, 15) is 9.59 Å². The zero-order valence-electron chi connectivity index (χ0n) is 14.3. The quantitative estimate of drug-likeness (QED) is 0.856. The third-order valence-corrected chi connectivity index (χ3v) is 5.13. The van der Waals surface area contributed by atoms with Crippen molar-refractivity contribution in [2.75, 3.05) is 26.2 Å². The Kier molecular flexibility index (Phi) is 4.91. The molecule has 6 nitrogen and oxygen atoms in total. The summed E-state index contributed by atoms with van der Waals surface area (Å²) < 4.78 is 7.30. The van der Waals surface area contributed by atoms with Crippen LogP contribution in [0.5, 0.6) is 0 Å². The number of esters is 1. The van der Waals surface area contributed by atoms with E-state index in [1.807, 2.05) is 41.6 Å². The summed E-state index contributed by atoms with van der Waals surface area (Å²) in [6.45, 7) is 8.78. The predicted molar refractivity (Wildman–Crippen MR) is 93.7 cm³/mol. The molecule has 0 spiro atoms. The molecule has 1 aliphatic rings. The van der Waals surface area contributed by atoms with Gasteiger partial charge in [0.1, 0.15) is 4.83 Å². The highest BCUT2D eigenvalue weighted by molar-refractivity contribution is 7.16. The van der Waals surface area contributed by atoms with Crippen molar-refractivity contribution in [3.8, 4) is 0 Å². The maximum atomic E-state index is 12.5. The Hall–Kier alpha value is -1.86. The molecule has 1 aliphatic heterocycles. The molecule has 2 aromatic rings. The number of rotatable bonds is 4. The summed E-state index contributed by atoms with van der Waals surface area (Å²) in [7, 11) is 0. The molecule has 0 radical (unpaired) electrons. The van der Waals surface area contributed by atoms with Crippen LogP contribution in [0.3, 0.4) is 0 Å². The highest BCUT2D eigenvalue weighted by Crippen LogP contribution is 2.27. The van der Waals surface area contributed by atoms with Gasteiger partial charge in [-0.2, -0.15) is 0 Å². The van der Waals surface area contributed by atoms with E-state index in [1.54, 1.807) is 0 Å². The second-order valence-corrected chi connectivity index (χ2v) is 7.21. The van der Waals surface area contributed by atoms with E-state index in [1.165, 1.54) is 11.3 Å². The largest absolute Gasteiger partial charge is 0.459 e. The molecule has 2 aromatic heterocycles. The summed E-state index contributed by atoms with van der Waals surface area (Å²) in [5.41, 5.74) is 2.41. The lowest BCUT2D eigenvalue weighted by molar-refractivity contribution is -0.131. The fourth-order valence-corrected chi connectivity index (χ4v) is 4.03. The number of thiazole rings is 1. The summed E-state index contributed by atoms with van der Waals surface area (Å²) in [6, 6.07) is 0. The minimum absolute atomic E-state index is 0.133. The molecule has 1 fully saturated rings. The van der Waals surface area contributed by atoms with Crippen LogP contribution in [0.2, 0.25) is 0 Å². The molecule has 0 atom stereocenters. The predicted octanol–water partition coefficient (Wildman–Crippen LogP) is 1.85. The monoisotopic (exact) mass is 349 g/mol. The first kappa shape index (κ1) is 17.0. The van der Waals surface area contributed by atoms with E-state index in [4.69, 9.17) is 4.74 Å². The molecule has 0 saturated carbocycles. The van der Waals surface area contributed by atoms with Gasteiger partial charge >= 0.3 is 5.97 Å². The second kappa shape index (κ2) is 6.94. The summed E-state index contributed by atoms with van der Waals surface area (Å²) in [6.07, 6.45) is 2.12. The van der Waals surface area contributed by atoms with Crippen LogP contribution in [0.4, 0.5) is 0 Å². The zero-order chi connectivity index (χ0) is 17.3. The summed E-state index contributed by atoms with van der Waals surface area (Å²) in [5, 5.41) is 5.21. The van der Waals surface area contributed by atoms with Crippen LogP contribution >= 0.6 is 11.3 Å². The van der Waals surface area contributed by atoms with Gasteiger partial charge in [-0.15, -0.1) is 11.3 Å². The Morgan fingerprint density at radius 3 is 2.71 bits per heavy atom. The molecule has 1 saturated heterocycles. The summed E-state index contributed by atoms with van der Waals surface area (Å²) >= 11 is 1.48. The highest BCUT2D eigenvalue weighted by Gasteiger charge is 2.23. The molecule has 7 heteroatoms. The van der Waals surface area contributed by atoms with Crippen LogP contribution in [0.15, 0.2) is 11.6 Å². The average molecular weight is 349 g/mol. The molecule has 130 valence electrons. The lowest BCUT2D eigenvalue weighted by atomic mass is 10.2. The van der Waals surface area contributed by atoms with Crippen molar-refractivity contribution in [2.45, 2.75) is 33.3 Å². The Morgan fingerprint density at radius 2 is 2.04 bits per heavy atom. The van der Waals surface area contributed by atoms with Crippen LogP contribution in [0, 0.1) is 6.92 Å². The Balaban J connectivity index is 1.83. The topological polar surface area (TPSA) is 63.0 Å². The van der Waals surface area contributed by atoms with Gasteiger partial charge in [0, 0.05) is 43.4 Å². The molecular weight excluding hydrogens is 326 g/mol. The smallest absolute Gasteiger partial charge is 0.341 e. The molecule has 0 bridgehead atoms. The van der Waals surface area contributed by atoms with E-state index in [0.29, 0.717) is 12.0 Å². The van der Waals surface area contributed by atoms with Gasteiger partial charge in [0.25, 0.3) is 0 Å². The van der Waals surface area contributed by atoms with Crippen molar-refractivity contribution in [1.29, 1.82) is 0 Å². The van der Waals surface area contributed by atoms with Crippen molar-refractivity contribution >= 4 is 28.0 Å². The van der Waals surface area contributed by atoms with Gasteiger partial charge in [-0.25, -0.2) is 4.79 Å². The number of hydrogen-bond acceptors (Lipinski definition) is 5. The lowest BCUT2D eigenvalue weighted by Gasteiger charge is -2.27. The number of amides is 1. The maximum absolute atomic E-state index is 12.5. The number of nitrogens with zero attached hydrogens (tertiary/aromatic N) is 2. The first-order valence-corrected chi connectivity index (χ1v) is 9.13. The minimum Gasteiger partial charge on any atom is -0.459 e. The molecule has 0 aliphatic carbocycles. The maximum Gasteiger partial charge on any atom is 0.341 e. The number of fused-ring (bicyclic) bond motifs is 1. The summed E-state index contributed by atoms with van der Waals surface area (Å²) in [4.78, 5) is 27.5. The molecular formula is C17H23N3O3S. The van der Waals surface area contributed by atoms with E-state index >= 15 is 0 Å². The fourth-order valence-electron chi connectivity index (χ4n) is 2.94. The van der Waals surface area contributed by atoms with E-state index in [2.05, 4.69) is 5.32 Å². The zero-order valence-corrected chi connectivity index (χ0v) is 15.1. The van der Waals surface area contributed by atoms with Crippen molar-refractivity contribution < 1.29 is 14.3 Å². The number of hydrogen-bond donors (Lipinski definition) is 1. The normalized spacial score (nSPS) is 15.2. The molecule has 3 heterocycles. The van der Waals surface area contributed by atoms with Crippen LogP contribution in [0.25, 0.3) is 4.83 Å². The molecule has 0 aromatic carbocycles. The third kappa shape index (κ3) is 3.32. The van der Waals surface area contributed by atoms with E-state index in [-0.39, 0.29) is 18.0 Å². The number of aryl methyl sites for hydroxylation is 1. The molecule has 1 N–H and O–H groups in total. The van der Waals surface area contributed by atoms with Crippen molar-refractivity contribution in [1.82, 2.24) is 14.6 Å². The Bertz CT molecular complexity index is 757. The van der Waals surface area contributed by atoms with Gasteiger partial charge in [0.15, 0.2) is 0 Å². The fraction of sp³-hybridized carbons (Fsp3) is 0.529. The second-order valence-electron chi connectivity index (χ2n) is 6.35. The number of piperazine rings is 1. The number of nitrogens with one attached hydrogen (secondary N) is 1. The van der Waals surface area contributed by atoms with Gasteiger partial charge in [-0.3, -0.25) is 4.79 Å². The van der Waals surface area contributed by atoms with Gasteiger partial charge in [-0.05, 0) is 26.3 Å². The number of ether oxygens (including phenoxy) is 1. The average Bonchev–Trinajstić information content (AvgIpc) is 3.06. The van der Waals surface area contributed by atoms with Crippen molar-refractivity contribution in [3.05, 3.63) is 28.4 Å². The molecule has 3 rings (SSSR count). The third-order valence-electron chi connectivity index (χ3n) is 4.11. The standard InChI is InChI=1S/C17H23N3O3S/c1-11(2)23-17(22)15-12(3)9-20-13(10-24-16(15)20)8-14(21)19-6-4-18-5-7-19/h9-11,18H,4-8H2,1-3H3. The highest BCUT2D eigenvalue weighted by atomic mass is 32.1. The van der Waals surface area contributed by atoms with E-state index < -0.39 is 0 Å². The Labute approximate surface area is 145 Å². The number of aromatic nitrogens is 1. The van der Waals surface area contributed by atoms with Gasteiger partial charge < -0.3 is 19.4 Å². The van der Waals surface area contributed by atoms with Crippen LogP contribution in [0.1, 0.15) is 35.5 Å². The number of carbonyl (C=O) groups is 2. The lowest BCUT2D eigenvalue weighted by Crippen LogP contribution is -2.47. The number of carbonyl (C=O) groups excluding carboxylic acids is 2. The van der Waals surface area contributed by atoms with Gasteiger partial charge in [-0.1, -0.05) is 0 Å².